The van der Waals surface area contributed by atoms with Gasteiger partial charge >= 0.3 is 0 Å². The Bertz CT molecular complexity index is 1050. The molecule has 0 aliphatic rings. The van der Waals surface area contributed by atoms with Gasteiger partial charge in [0.05, 0.1) is 11.5 Å². The molecule has 6 nitrogen and oxygen atoms in total. The quantitative estimate of drug-likeness (QED) is 0.326. The molecule has 0 aliphatic carbocycles. The second kappa shape index (κ2) is 9.92. The first-order chi connectivity index (χ1) is 14.8. The van der Waals surface area contributed by atoms with Gasteiger partial charge in [-0.15, -0.1) is 10.2 Å². The Kier molecular flexibility index (Phi) is 7.28. The minimum absolute atomic E-state index is 0.104. The Hall–Kier alpha value is -2.93. The van der Waals surface area contributed by atoms with Gasteiger partial charge < -0.3 is 4.57 Å². The first-order valence-electron chi connectivity index (χ1n) is 10.3. The fraction of sp³-hybridized carbons (Fsp3) is 0.333. The van der Waals surface area contributed by atoms with Crippen LogP contribution in [0.4, 0.5) is 0 Å². The number of hydrazone groups is 1. The molecule has 0 fully saturated rings. The number of carbonyl (C=O) groups excluding carboxylic acids is 1. The van der Waals surface area contributed by atoms with E-state index in [2.05, 4.69) is 65.8 Å². The van der Waals surface area contributed by atoms with E-state index in [9.17, 15) is 4.79 Å². The zero-order chi connectivity index (χ0) is 22.4. The molecule has 162 valence electrons. The van der Waals surface area contributed by atoms with Gasteiger partial charge in [0.2, 0.25) is 0 Å². The second-order valence-electron chi connectivity index (χ2n) is 8.26. The van der Waals surface area contributed by atoms with Gasteiger partial charge in [-0.2, -0.15) is 5.10 Å². The van der Waals surface area contributed by atoms with Gasteiger partial charge in [0.25, 0.3) is 5.91 Å². The SMILES string of the molecule is CCn1c(SCC(=O)N/N=C(/C)c2ccccc2)nnc1-c1ccc(C(C)(C)C)cc1. The number of rotatable bonds is 7. The van der Waals surface area contributed by atoms with Gasteiger partial charge in [-0.25, -0.2) is 5.43 Å². The number of thioether (sulfide) groups is 1. The predicted octanol–water partition coefficient (Wildman–Crippen LogP) is 4.90. The zero-order valence-electron chi connectivity index (χ0n) is 18.7. The minimum Gasteiger partial charge on any atom is -0.302 e. The first kappa shape index (κ1) is 22.7. The second-order valence-corrected chi connectivity index (χ2v) is 9.21. The van der Waals surface area contributed by atoms with Crippen LogP contribution in [0.5, 0.6) is 0 Å². The maximum absolute atomic E-state index is 12.3. The number of hydrogen-bond acceptors (Lipinski definition) is 5. The third-order valence-corrected chi connectivity index (χ3v) is 5.88. The van der Waals surface area contributed by atoms with Crippen LogP contribution in [0, 0.1) is 0 Å². The summed E-state index contributed by atoms with van der Waals surface area (Å²) in [5.74, 6) is 0.845. The number of benzene rings is 2. The van der Waals surface area contributed by atoms with Crippen LogP contribution in [0.1, 0.15) is 45.7 Å². The van der Waals surface area contributed by atoms with E-state index in [1.165, 1.54) is 17.3 Å². The van der Waals surface area contributed by atoms with Gasteiger partial charge in [-0.1, -0.05) is 87.1 Å². The Labute approximate surface area is 188 Å². The van der Waals surface area contributed by atoms with Crippen molar-refractivity contribution < 1.29 is 4.79 Å². The average molecular weight is 436 g/mol. The summed E-state index contributed by atoms with van der Waals surface area (Å²) in [5, 5.41) is 13.6. The van der Waals surface area contributed by atoms with Gasteiger partial charge in [-0.3, -0.25) is 4.79 Å². The van der Waals surface area contributed by atoms with Crippen molar-refractivity contribution >= 4 is 23.4 Å². The van der Waals surface area contributed by atoms with E-state index in [0.717, 1.165) is 34.4 Å². The third kappa shape index (κ3) is 5.82. The molecule has 7 heteroatoms. The molecule has 1 heterocycles. The number of amides is 1. The van der Waals surface area contributed by atoms with Crippen LogP contribution in [0.15, 0.2) is 64.9 Å². The smallest absolute Gasteiger partial charge is 0.250 e. The van der Waals surface area contributed by atoms with Gasteiger partial charge in [0.1, 0.15) is 0 Å². The van der Waals surface area contributed by atoms with Crippen LogP contribution < -0.4 is 5.43 Å². The van der Waals surface area contributed by atoms with Crippen molar-refractivity contribution in [1.29, 1.82) is 0 Å². The van der Waals surface area contributed by atoms with Gasteiger partial charge in [0, 0.05) is 12.1 Å². The van der Waals surface area contributed by atoms with Crippen molar-refractivity contribution in [3.05, 3.63) is 65.7 Å². The molecule has 1 N–H and O–H groups in total. The highest BCUT2D eigenvalue weighted by atomic mass is 32.2. The molecule has 0 radical (unpaired) electrons. The summed E-state index contributed by atoms with van der Waals surface area (Å²) in [4.78, 5) is 12.3. The molecular formula is C24H29N5OS. The monoisotopic (exact) mass is 435 g/mol. The Morgan fingerprint density at radius 3 is 2.35 bits per heavy atom. The van der Waals surface area contributed by atoms with Crippen molar-refractivity contribution in [2.75, 3.05) is 5.75 Å². The van der Waals surface area contributed by atoms with Crippen LogP contribution in [0.25, 0.3) is 11.4 Å². The summed E-state index contributed by atoms with van der Waals surface area (Å²) in [6.07, 6.45) is 0. The molecular weight excluding hydrogens is 406 g/mol. The highest BCUT2D eigenvalue weighted by molar-refractivity contribution is 7.99. The molecule has 1 aromatic heterocycles. The average Bonchev–Trinajstić information content (AvgIpc) is 3.19. The minimum atomic E-state index is -0.179. The van der Waals surface area contributed by atoms with Crippen LogP contribution in [0.3, 0.4) is 0 Å². The lowest BCUT2D eigenvalue weighted by atomic mass is 9.87. The highest BCUT2D eigenvalue weighted by Crippen LogP contribution is 2.27. The van der Waals surface area contributed by atoms with E-state index >= 15 is 0 Å². The molecule has 0 atom stereocenters. The maximum Gasteiger partial charge on any atom is 0.250 e. The summed E-state index contributed by atoms with van der Waals surface area (Å²) in [6, 6.07) is 18.2. The fourth-order valence-electron chi connectivity index (χ4n) is 3.07. The Balaban J connectivity index is 1.65. The molecule has 3 rings (SSSR count). The number of hydrogen-bond donors (Lipinski definition) is 1. The Morgan fingerprint density at radius 2 is 1.74 bits per heavy atom. The van der Waals surface area contributed by atoms with Crippen LogP contribution in [-0.2, 0) is 16.8 Å². The predicted molar refractivity (Wildman–Crippen MR) is 127 cm³/mol. The van der Waals surface area contributed by atoms with Gasteiger partial charge in [0.15, 0.2) is 11.0 Å². The summed E-state index contributed by atoms with van der Waals surface area (Å²) in [7, 11) is 0. The van der Waals surface area contributed by atoms with Crippen molar-refractivity contribution in [2.24, 2.45) is 5.10 Å². The largest absolute Gasteiger partial charge is 0.302 e. The van der Waals surface area contributed by atoms with Crippen molar-refractivity contribution in [3.63, 3.8) is 0 Å². The summed E-state index contributed by atoms with van der Waals surface area (Å²) >= 11 is 1.36. The van der Waals surface area contributed by atoms with Crippen LogP contribution in [-0.4, -0.2) is 32.1 Å². The van der Waals surface area contributed by atoms with Crippen LogP contribution >= 0.6 is 11.8 Å². The van der Waals surface area contributed by atoms with E-state index < -0.39 is 0 Å². The first-order valence-corrected chi connectivity index (χ1v) is 11.3. The fourth-order valence-corrected chi connectivity index (χ4v) is 3.86. The van der Waals surface area contributed by atoms with Gasteiger partial charge in [-0.05, 0) is 30.4 Å². The lowest BCUT2D eigenvalue weighted by molar-refractivity contribution is -0.118. The molecule has 0 saturated heterocycles. The van der Waals surface area contributed by atoms with E-state index in [1.54, 1.807) is 0 Å². The van der Waals surface area contributed by atoms with Crippen molar-refractivity contribution in [2.45, 2.75) is 51.7 Å². The molecule has 31 heavy (non-hydrogen) atoms. The van der Waals surface area contributed by atoms with Crippen molar-refractivity contribution in [1.82, 2.24) is 20.2 Å². The summed E-state index contributed by atoms with van der Waals surface area (Å²) in [5.41, 5.74) is 6.75. The highest BCUT2D eigenvalue weighted by Gasteiger charge is 2.17. The van der Waals surface area contributed by atoms with E-state index in [-0.39, 0.29) is 17.1 Å². The lowest BCUT2D eigenvalue weighted by Crippen LogP contribution is -2.21. The molecule has 0 aliphatic heterocycles. The standard InChI is InChI=1S/C24H29N5OS/c1-6-29-22(19-12-14-20(15-13-19)24(3,4)5)27-28-23(29)31-16-21(30)26-25-17(2)18-10-8-7-9-11-18/h7-15H,6,16H2,1-5H3,(H,26,30)/b25-17-. The number of aromatic nitrogens is 3. The maximum atomic E-state index is 12.3. The lowest BCUT2D eigenvalue weighted by Gasteiger charge is -2.19. The molecule has 0 unspecified atom stereocenters. The topological polar surface area (TPSA) is 72.2 Å². The molecule has 2 aromatic carbocycles. The molecule has 1 amide bonds. The summed E-state index contributed by atoms with van der Waals surface area (Å²) in [6.45, 7) is 11.2. The van der Waals surface area contributed by atoms with E-state index in [4.69, 9.17) is 0 Å². The molecule has 0 spiro atoms. The van der Waals surface area contributed by atoms with E-state index in [1.807, 2.05) is 48.7 Å². The normalized spacial score (nSPS) is 12.1. The Morgan fingerprint density at radius 1 is 1.06 bits per heavy atom. The molecule has 0 saturated carbocycles. The summed E-state index contributed by atoms with van der Waals surface area (Å²) < 4.78 is 2.03. The van der Waals surface area contributed by atoms with E-state index in [0.29, 0.717) is 0 Å². The molecule has 0 bridgehead atoms. The van der Waals surface area contributed by atoms with Crippen LogP contribution in [0.2, 0.25) is 0 Å². The van der Waals surface area contributed by atoms with Crippen molar-refractivity contribution in [3.8, 4) is 11.4 Å². The molecule has 3 aromatic rings. The number of nitrogens with one attached hydrogen (secondary N) is 1. The number of nitrogens with zero attached hydrogens (tertiary/aromatic N) is 4. The zero-order valence-corrected chi connectivity index (χ0v) is 19.5. The number of carbonyl (C=O) groups is 1. The third-order valence-electron chi connectivity index (χ3n) is 4.91.